The number of sulfonamides is 1. The van der Waals surface area contributed by atoms with E-state index in [1.807, 2.05) is 24.3 Å². The fraction of sp³-hybridized carbons (Fsp3) is 0.400. The number of likely N-dealkylation sites (N-methyl/N-ethyl adjacent to an activating group) is 1. The summed E-state index contributed by atoms with van der Waals surface area (Å²) in [6, 6.07) is 12.0. The zero-order chi connectivity index (χ0) is 21.1. The molecule has 0 unspecified atom stereocenters. The first-order valence-corrected chi connectivity index (χ1v) is 10.9. The molecule has 2 aromatic rings. The summed E-state index contributed by atoms with van der Waals surface area (Å²) in [5, 5.41) is 0. The summed E-state index contributed by atoms with van der Waals surface area (Å²) in [5.41, 5.74) is 1.12. The van der Waals surface area contributed by atoms with Crippen LogP contribution in [0.5, 0.6) is 0 Å². The van der Waals surface area contributed by atoms with E-state index < -0.39 is 27.5 Å². The van der Waals surface area contributed by atoms with Gasteiger partial charge in [-0.1, -0.05) is 30.3 Å². The summed E-state index contributed by atoms with van der Waals surface area (Å²) in [5.74, 6) is -0.504. The Morgan fingerprint density at radius 3 is 2.24 bits per heavy atom. The number of hydrogen-bond donors (Lipinski definition) is 1. The molecule has 2 aromatic carbocycles. The number of benzene rings is 2. The van der Waals surface area contributed by atoms with Crippen LogP contribution in [-0.4, -0.2) is 46.5 Å². The van der Waals surface area contributed by atoms with E-state index in [4.69, 9.17) is 0 Å². The predicted molar refractivity (Wildman–Crippen MR) is 107 cm³/mol. The molecule has 5 nitrogen and oxygen atoms in total. The van der Waals surface area contributed by atoms with Crippen molar-refractivity contribution in [2.24, 2.45) is 0 Å². The fourth-order valence-electron chi connectivity index (χ4n) is 3.19. The average molecular weight is 427 g/mol. The Bertz CT molecular complexity index is 923. The van der Waals surface area contributed by atoms with E-state index in [1.54, 1.807) is 0 Å². The highest BCUT2D eigenvalue weighted by molar-refractivity contribution is 7.88. The standard InChI is InChI=1S/C20H24F3N3O2S/c1-25-9-11-26(12-10-25)19-7-5-16(6-8-19)14-24-29(27,28)15-17-3-2-4-18(13-17)20(21,22)23/h2-8,13,24H,9-12,14-15H2,1H3. The number of halogens is 3. The number of rotatable bonds is 6. The zero-order valence-electron chi connectivity index (χ0n) is 16.1. The molecule has 1 aliphatic heterocycles. The van der Waals surface area contributed by atoms with Crippen LogP contribution in [0.3, 0.4) is 0 Å². The van der Waals surface area contributed by atoms with Crippen molar-refractivity contribution in [2.45, 2.75) is 18.5 Å². The van der Waals surface area contributed by atoms with Crippen LogP contribution in [0.4, 0.5) is 18.9 Å². The number of alkyl halides is 3. The van der Waals surface area contributed by atoms with Crippen LogP contribution in [0, 0.1) is 0 Å². The van der Waals surface area contributed by atoms with E-state index >= 15 is 0 Å². The average Bonchev–Trinajstić information content (AvgIpc) is 2.67. The molecule has 0 radical (unpaired) electrons. The topological polar surface area (TPSA) is 52.6 Å². The molecule has 29 heavy (non-hydrogen) atoms. The second kappa shape index (κ2) is 8.73. The molecule has 3 rings (SSSR count). The number of nitrogens with zero attached hydrogens (tertiary/aromatic N) is 2. The second-order valence-electron chi connectivity index (χ2n) is 7.24. The van der Waals surface area contributed by atoms with Crippen molar-refractivity contribution in [1.82, 2.24) is 9.62 Å². The number of anilines is 1. The largest absolute Gasteiger partial charge is 0.416 e. The number of nitrogens with one attached hydrogen (secondary N) is 1. The molecule has 0 atom stereocenters. The van der Waals surface area contributed by atoms with E-state index in [0.717, 1.165) is 49.6 Å². The maximum Gasteiger partial charge on any atom is 0.416 e. The van der Waals surface area contributed by atoms with Gasteiger partial charge in [-0.15, -0.1) is 0 Å². The van der Waals surface area contributed by atoms with Crippen molar-refractivity contribution in [3.8, 4) is 0 Å². The lowest BCUT2D eigenvalue weighted by Gasteiger charge is -2.34. The molecule has 0 bridgehead atoms. The van der Waals surface area contributed by atoms with Crippen molar-refractivity contribution < 1.29 is 21.6 Å². The normalized spacial score (nSPS) is 16.2. The molecule has 1 aliphatic rings. The van der Waals surface area contributed by atoms with Gasteiger partial charge in [0.05, 0.1) is 11.3 Å². The Morgan fingerprint density at radius 1 is 0.966 bits per heavy atom. The van der Waals surface area contributed by atoms with Crippen LogP contribution in [0.15, 0.2) is 48.5 Å². The van der Waals surface area contributed by atoms with Crippen LogP contribution in [-0.2, 0) is 28.5 Å². The Balaban J connectivity index is 1.57. The third-order valence-corrected chi connectivity index (χ3v) is 6.21. The summed E-state index contributed by atoms with van der Waals surface area (Å²) in [4.78, 5) is 4.55. The highest BCUT2D eigenvalue weighted by Crippen LogP contribution is 2.29. The quantitative estimate of drug-likeness (QED) is 0.770. The molecular weight excluding hydrogens is 403 g/mol. The van der Waals surface area contributed by atoms with Gasteiger partial charge in [0.2, 0.25) is 10.0 Å². The van der Waals surface area contributed by atoms with Gasteiger partial charge in [-0.2, -0.15) is 13.2 Å². The van der Waals surface area contributed by atoms with Crippen LogP contribution in [0.1, 0.15) is 16.7 Å². The summed E-state index contributed by atoms with van der Waals surface area (Å²) in [7, 11) is -1.68. The summed E-state index contributed by atoms with van der Waals surface area (Å²) in [6.07, 6.45) is -4.50. The lowest BCUT2D eigenvalue weighted by atomic mass is 10.1. The molecule has 0 saturated carbocycles. The summed E-state index contributed by atoms with van der Waals surface area (Å²) < 4.78 is 65.4. The lowest BCUT2D eigenvalue weighted by Crippen LogP contribution is -2.44. The van der Waals surface area contributed by atoms with E-state index in [1.165, 1.54) is 12.1 Å². The maximum atomic E-state index is 12.8. The highest BCUT2D eigenvalue weighted by atomic mass is 32.2. The minimum atomic E-state index is -4.50. The predicted octanol–water partition coefficient (Wildman–Crippen LogP) is 3.08. The van der Waals surface area contributed by atoms with Crippen LogP contribution in [0.25, 0.3) is 0 Å². The van der Waals surface area contributed by atoms with Crippen LogP contribution < -0.4 is 9.62 Å². The Morgan fingerprint density at radius 2 is 1.62 bits per heavy atom. The minimum Gasteiger partial charge on any atom is -0.369 e. The van der Waals surface area contributed by atoms with Gasteiger partial charge < -0.3 is 9.80 Å². The second-order valence-corrected chi connectivity index (χ2v) is 9.04. The van der Waals surface area contributed by atoms with Crippen molar-refractivity contribution in [3.63, 3.8) is 0 Å². The fourth-order valence-corrected chi connectivity index (χ4v) is 4.30. The van der Waals surface area contributed by atoms with Crippen LogP contribution >= 0.6 is 0 Å². The van der Waals surface area contributed by atoms with E-state index in [2.05, 4.69) is 21.6 Å². The molecule has 1 N–H and O–H groups in total. The van der Waals surface area contributed by atoms with E-state index in [0.29, 0.717) is 0 Å². The van der Waals surface area contributed by atoms with E-state index in [-0.39, 0.29) is 12.1 Å². The molecule has 9 heteroatoms. The molecule has 158 valence electrons. The van der Waals surface area contributed by atoms with Crippen molar-refractivity contribution in [3.05, 3.63) is 65.2 Å². The lowest BCUT2D eigenvalue weighted by molar-refractivity contribution is -0.137. The van der Waals surface area contributed by atoms with Gasteiger partial charge in [-0.05, 0) is 36.4 Å². The summed E-state index contributed by atoms with van der Waals surface area (Å²) >= 11 is 0. The van der Waals surface area contributed by atoms with Gasteiger partial charge in [-0.25, -0.2) is 13.1 Å². The molecule has 0 aromatic heterocycles. The van der Waals surface area contributed by atoms with Gasteiger partial charge in [0.1, 0.15) is 0 Å². The number of hydrogen-bond acceptors (Lipinski definition) is 4. The molecule has 0 spiro atoms. The zero-order valence-corrected chi connectivity index (χ0v) is 16.9. The Hall–Kier alpha value is -2.10. The number of piperazine rings is 1. The summed E-state index contributed by atoms with van der Waals surface area (Å²) in [6.45, 7) is 3.97. The van der Waals surface area contributed by atoms with Gasteiger partial charge in [-0.3, -0.25) is 0 Å². The van der Waals surface area contributed by atoms with Gasteiger partial charge in [0.25, 0.3) is 0 Å². The van der Waals surface area contributed by atoms with Crippen molar-refractivity contribution in [2.75, 3.05) is 38.1 Å². The highest BCUT2D eigenvalue weighted by Gasteiger charge is 2.30. The molecule has 1 saturated heterocycles. The van der Waals surface area contributed by atoms with Crippen molar-refractivity contribution >= 4 is 15.7 Å². The smallest absolute Gasteiger partial charge is 0.369 e. The van der Waals surface area contributed by atoms with Gasteiger partial charge in [0, 0.05) is 38.4 Å². The maximum absolute atomic E-state index is 12.8. The minimum absolute atomic E-state index is 0.0876. The Kier molecular flexibility index (Phi) is 6.50. The van der Waals surface area contributed by atoms with E-state index in [9.17, 15) is 21.6 Å². The monoisotopic (exact) mass is 427 g/mol. The molecule has 0 amide bonds. The first kappa shape index (κ1) is 21.6. The SMILES string of the molecule is CN1CCN(c2ccc(CNS(=O)(=O)Cc3cccc(C(F)(F)F)c3)cc2)CC1. The van der Waals surface area contributed by atoms with Gasteiger partial charge in [0.15, 0.2) is 0 Å². The van der Waals surface area contributed by atoms with Crippen molar-refractivity contribution in [1.29, 1.82) is 0 Å². The molecule has 1 heterocycles. The Labute approximate surface area is 169 Å². The molecule has 1 fully saturated rings. The molecule has 0 aliphatic carbocycles. The third kappa shape index (κ3) is 6.19. The first-order valence-electron chi connectivity index (χ1n) is 9.28. The first-order chi connectivity index (χ1) is 13.6. The van der Waals surface area contributed by atoms with Crippen LogP contribution in [0.2, 0.25) is 0 Å². The van der Waals surface area contributed by atoms with Gasteiger partial charge >= 0.3 is 6.18 Å². The molecular formula is C20H24F3N3O2S. The third-order valence-electron chi connectivity index (χ3n) is 4.91.